The topological polar surface area (TPSA) is 110 Å². The van der Waals surface area contributed by atoms with E-state index < -0.39 is 36.9 Å². The fourth-order valence-electron chi connectivity index (χ4n) is 10.7. The lowest BCUT2D eigenvalue weighted by Crippen LogP contribution is -2.53. The van der Waals surface area contributed by atoms with Crippen LogP contribution in [0.4, 0.5) is 0 Å². The summed E-state index contributed by atoms with van der Waals surface area (Å²) in [5, 5.41) is 44.2. The summed E-state index contributed by atoms with van der Waals surface area (Å²) in [6.45, 7) is 4.10. The zero-order valence-corrected chi connectivity index (χ0v) is 49.4. The maximum atomic E-state index is 12.6. The summed E-state index contributed by atoms with van der Waals surface area (Å²) in [4.78, 5) is 12.6. The fraction of sp³-hybridized carbons (Fsp3) is 0.925. The van der Waals surface area contributed by atoms with Gasteiger partial charge in [0.05, 0.1) is 18.8 Å². The fourth-order valence-corrected chi connectivity index (χ4v) is 10.7. The minimum absolute atomic E-state index is 0.372. The largest absolute Gasteiger partial charge is 0.394 e. The van der Waals surface area contributed by atoms with Crippen molar-refractivity contribution < 1.29 is 25.2 Å². The van der Waals surface area contributed by atoms with Crippen LogP contribution >= 0.6 is 0 Å². The number of hydrogen-bond acceptors (Lipinski definition) is 5. The molecule has 0 saturated carbocycles. The lowest BCUT2D eigenvalue weighted by Gasteiger charge is -2.27. The third kappa shape index (κ3) is 55.4. The second-order valence-corrected chi connectivity index (χ2v) is 23.2. The number of carbonyl (C=O) groups is 1. The van der Waals surface area contributed by atoms with E-state index in [1.807, 2.05) is 0 Å². The third-order valence-corrected chi connectivity index (χ3v) is 15.9. The van der Waals surface area contributed by atoms with Crippen LogP contribution in [0.5, 0.6) is 0 Å². The van der Waals surface area contributed by atoms with Crippen molar-refractivity contribution in [3.63, 3.8) is 0 Å². The first-order valence-electron chi connectivity index (χ1n) is 33.2. The van der Waals surface area contributed by atoms with Crippen LogP contribution < -0.4 is 5.32 Å². The van der Waals surface area contributed by atoms with Crippen LogP contribution in [-0.4, -0.2) is 57.3 Å². The molecule has 4 atom stereocenters. The normalized spacial score (nSPS) is 13.7. The van der Waals surface area contributed by atoms with Gasteiger partial charge in [0.25, 0.3) is 0 Å². The van der Waals surface area contributed by atoms with Crippen molar-refractivity contribution in [1.82, 2.24) is 5.32 Å². The molecule has 0 aliphatic rings. The molecule has 0 radical (unpaired) electrons. The van der Waals surface area contributed by atoms with E-state index in [1.165, 1.54) is 295 Å². The van der Waals surface area contributed by atoms with Gasteiger partial charge in [0.2, 0.25) is 5.91 Å². The van der Waals surface area contributed by atoms with Gasteiger partial charge in [-0.25, -0.2) is 0 Å². The summed E-state index contributed by atoms with van der Waals surface area (Å²) in [6.07, 6.45) is 77.2. The minimum Gasteiger partial charge on any atom is -0.394 e. The number of aliphatic hydroxyl groups excluding tert-OH is 4. The summed E-state index contributed by atoms with van der Waals surface area (Å²) >= 11 is 0. The lowest BCUT2D eigenvalue weighted by atomic mass is 9.99. The Balaban J connectivity index is 3.54. The molecule has 0 saturated heterocycles. The summed E-state index contributed by atoms with van der Waals surface area (Å²) in [7, 11) is 0. The van der Waals surface area contributed by atoms with Crippen molar-refractivity contribution >= 4 is 5.91 Å². The Morgan fingerprint density at radius 1 is 0.342 bits per heavy atom. The average Bonchev–Trinajstić information content (AvgIpc) is 3.40. The van der Waals surface area contributed by atoms with Gasteiger partial charge >= 0.3 is 0 Å². The highest BCUT2D eigenvalue weighted by Gasteiger charge is 2.28. The van der Waals surface area contributed by atoms with E-state index >= 15 is 0 Å². The van der Waals surface area contributed by atoms with Crippen LogP contribution in [0.15, 0.2) is 24.3 Å². The van der Waals surface area contributed by atoms with Gasteiger partial charge in [-0.3, -0.25) is 4.79 Å². The Kier molecular flexibility index (Phi) is 60.6. The summed E-state index contributed by atoms with van der Waals surface area (Å²) in [6, 6.07) is -0.985. The molecule has 0 spiro atoms. The number of nitrogens with one attached hydrogen (secondary N) is 1. The molecular weight excluding hydrogens is 899 g/mol. The van der Waals surface area contributed by atoms with Crippen molar-refractivity contribution in [2.45, 2.75) is 391 Å². The van der Waals surface area contributed by atoms with Gasteiger partial charge < -0.3 is 25.7 Å². The molecule has 6 heteroatoms. The second kappa shape index (κ2) is 61.6. The molecule has 0 aliphatic carbocycles. The van der Waals surface area contributed by atoms with Crippen LogP contribution in [0.3, 0.4) is 0 Å². The number of aliphatic hydroxyl groups is 4. The van der Waals surface area contributed by atoms with E-state index in [-0.39, 0.29) is 0 Å². The van der Waals surface area contributed by atoms with Gasteiger partial charge in [-0.1, -0.05) is 346 Å². The molecule has 0 fully saturated rings. The number of unbranched alkanes of at least 4 members (excludes halogenated alkanes) is 49. The minimum atomic E-state index is -1.26. The van der Waals surface area contributed by atoms with Crippen LogP contribution in [0.2, 0.25) is 0 Å². The van der Waals surface area contributed by atoms with Gasteiger partial charge in [-0.15, -0.1) is 0 Å². The summed E-state index contributed by atoms with van der Waals surface area (Å²) in [5.74, 6) is -0.577. The molecule has 0 aromatic heterocycles. The van der Waals surface area contributed by atoms with E-state index in [4.69, 9.17) is 0 Å². The van der Waals surface area contributed by atoms with E-state index in [0.29, 0.717) is 12.8 Å². The first-order chi connectivity index (χ1) is 36.0. The van der Waals surface area contributed by atoms with E-state index in [2.05, 4.69) is 43.5 Å². The van der Waals surface area contributed by atoms with Crippen molar-refractivity contribution in [2.75, 3.05) is 6.61 Å². The highest BCUT2D eigenvalue weighted by molar-refractivity contribution is 5.80. The van der Waals surface area contributed by atoms with Gasteiger partial charge in [-0.2, -0.15) is 0 Å². The molecule has 0 heterocycles. The second-order valence-electron chi connectivity index (χ2n) is 23.2. The van der Waals surface area contributed by atoms with Gasteiger partial charge in [-0.05, 0) is 44.9 Å². The Hall–Kier alpha value is -1.21. The third-order valence-electron chi connectivity index (χ3n) is 15.9. The molecule has 0 bridgehead atoms. The van der Waals surface area contributed by atoms with Crippen molar-refractivity contribution in [2.24, 2.45) is 0 Å². The van der Waals surface area contributed by atoms with Gasteiger partial charge in [0.15, 0.2) is 0 Å². The number of carbonyl (C=O) groups excluding carboxylic acids is 1. The monoisotopic (exact) mass is 1030 g/mol. The number of rotatable bonds is 62. The predicted octanol–water partition coefficient (Wildman–Crippen LogP) is 20.2. The highest BCUT2D eigenvalue weighted by atomic mass is 16.3. The molecular formula is C67H131NO5. The number of amides is 1. The Labute approximate surface area is 456 Å². The summed E-state index contributed by atoms with van der Waals surface area (Å²) < 4.78 is 0. The van der Waals surface area contributed by atoms with Gasteiger partial charge in [0.1, 0.15) is 12.2 Å². The van der Waals surface area contributed by atoms with Gasteiger partial charge in [0, 0.05) is 0 Å². The SMILES string of the molecule is CCCCCCCCCCCCCCC/C=C\C/C=C\CCCCCCCCCCCCCCCCCCC(O)C(=O)NC(CO)C(O)C(O)CCCCCCCCCCCCCCCCCCCCCCC. The molecule has 0 rings (SSSR count). The van der Waals surface area contributed by atoms with Crippen LogP contribution in [0.25, 0.3) is 0 Å². The zero-order valence-electron chi connectivity index (χ0n) is 49.4. The van der Waals surface area contributed by atoms with E-state index in [0.717, 1.165) is 44.9 Å². The van der Waals surface area contributed by atoms with Crippen molar-refractivity contribution in [3.05, 3.63) is 24.3 Å². The van der Waals surface area contributed by atoms with E-state index in [1.54, 1.807) is 0 Å². The molecule has 1 amide bonds. The smallest absolute Gasteiger partial charge is 0.249 e. The maximum Gasteiger partial charge on any atom is 0.249 e. The standard InChI is InChI=1S/C67H131NO5/c1-3-5-7-9-11-13-15-17-19-21-23-25-26-27-28-29-30-31-32-33-34-35-36-37-38-39-41-43-45-47-49-51-53-55-57-59-61-65(71)67(73)68-63(62-69)66(72)64(70)60-58-56-54-52-50-48-46-44-42-40-24-22-20-18-16-14-12-10-8-6-4-2/h28-29,31-32,63-66,69-72H,3-27,30,33-62H2,1-2H3,(H,68,73)/b29-28-,32-31-. The van der Waals surface area contributed by atoms with Crippen LogP contribution in [-0.2, 0) is 4.79 Å². The zero-order chi connectivity index (χ0) is 53.0. The van der Waals surface area contributed by atoms with Crippen molar-refractivity contribution in [1.29, 1.82) is 0 Å². The number of allylic oxidation sites excluding steroid dienone is 4. The summed E-state index contributed by atoms with van der Waals surface area (Å²) in [5.41, 5.74) is 0. The quantitative estimate of drug-likeness (QED) is 0.0308. The molecule has 5 N–H and O–H groups in total. The molecule has 4 unspecified atom stereocenters. The van der Waals surface area contributed by atoms with Crippen LogP contribution in [0, 0.1) is 0 Å². The Morgan fingerprint density at radius 3 is 0.863 bits per heavy atom. The molecule has 0 aromatic rings. The van der Waals surface area contributed by atoms with Crippen LogP contribution in [0.1, 0.15) is 367 Å². The first kappa shape index (κ1) is 71.8. The molecule has 73 heavy (non-hydrogen) atoms. The Bertz CT molecular complexity index is 1110. The molecule has 0 aliphatic heterocycles. The molecule has 434 valence electrons. The number of hydrogen-bond donors (Lipinski definition) is 5. The lowest BCUT2D eigenvalue weighted by molar-refractivity contribution is -0.132. The highest BCUT2D eigenvalue weighted by Crippen LogP contribution is 2.19. The van der Waals surface area contributed by atoms with Crippen molar-refractivity contribution in [3.8, 4) is 0 Å². The molecule has 0 aromatic carbocycles. The average molecular weight is 1030 g/mol. The first-order valence-corrected chi connectivity index (χ1v) is 33.2. The predicted molar refractivity (Wildman–Crippen MR) is 321 cm³/mol. The van der Waals surface area contributed by atoms with E-state index in [9.17, 15) is 25.2 Å². The maximum absolute atomic E-state index is 12.6. The molecule has 6 nitrogen and oxygen atoms in total. The Morgan fingerprint density at radius 2 is 0.589 bits per heavy atom.